The summed E-state index contributed by atoms with van der Waals surface area (Å²) in [5, 5.41) is 0. The lowest BCUT2D eigenvalue weighted by atomic mass is 9.78. The zero-order chi connectivity index (χ0) is 21.1. The Morgan fingerprint density at radius 2 is 1.77 bits per heavy atom. The van der Waals surface area contributed by atoms with Crippen molar-refractivity contribution in [2.75, 3.05) is 0 Å². The van der Waals surface area contributed by atoms with Crippen molar-refractivity contribution in [2.45, 2.75) is 78.6 Å². The fraction of sp³-hybridized carbons (Fsp3) is 0.536. The second kappa shape index (κ2) is 9.45. The van der Waals surface area contributed by atoms with Gasteiger partial charge in [-0.2, -0.15) is 0 Å². The average molecular weight is 406 g/mol. The van der Waals surface area contributed by atoms with E-state index in [-0.39, 0.29) is 5.82 Å². The summed E-state index contributed by atoms with van der Waals surface area (Å²) in [7, 11) is 0. The van der Waals surface area contributed by atoms with Gasteiger partial charge in [0.2, 0.25) is 0 Å². The first-order valence-electron chi connectivity index (χ1n) is 11.9. The first kappa shape index (κ1) is 21.3. The van der Waals surface area contributed by atoms with Gasteiger partial charge in [-0.3, -0.25) is 4.99 Å². The molecule has 2 aliphatic rings. The highest BCUT2D eigenvalue weighted by Gasteiger charge is 2.30. The second-order valence-electron chi connectivity index (χ2n) is 9.85. The molecule has 30 heavy (non-hydrogen) atoms. The molecule has 0 spiro atoms. The second-order valence-corrected chi connectivity index (χ2v) is 9.85. The Hall–Kier alpha value is -1.96. The van der Waals surface area contributed by atoms with Gasteiger partial charge in [-0.15, -0.1) is 0 Å². The summed E-state index contributed by atoms with van der Waals surface area (Å²) < 4.78 is 13.9. The van der Waals surface area contributed by atoms with Crippen LogP contribution in [0.25, 0.3) is 0 Å². The predicted octanol–water partition coefficient (Wildman–Crippen LogP) is 7.93. The van der Waals surface area contributed by atoms with E-state index in [9.17, 15) is 4.39 Å². The van der Waals surface area contributed by atoms with Gasteiger partial charge >= 0.3 is 0 Å². The van der Waals surface area contributed by atoms with Crippen LogP contribution in [0.2, 0.25) is 0 Å². The fourth-order valence-corrected chi connectivity index (χ4v) is 5.53. The lowest BCUT2D eigenvalue weighted by molar-refractivity contribution is 0.361. The van der Waals surface area contributed by atoms with Crippen molar-refractivity contribution in [3.05, 3.63) is 64.5 Å². The van der Waals surface area contributed by atoms with E-state index < -0.39 is 0 Å². The number of rotatable bonds is 4. The molecule has 0 N–H and O–H groups in total. The molecule has 160 valence electrons. The van der Waals surface area contributed by atoms with Crippen LogP contribution < -0.4 is 0 Å². The number of hydrogen-bond donors (Lipinski definition) is 0. The van der Waals surface area contributed by atoms with Crippen LogP contribution in [-0.4, -0.2) is 5.71 Å². The Morgan fingerprint density at radius 3 is 2.60 bits per heavy atom. The molecule has 0 radical (unpaired) electrons. The van der Waals surface area contributed by atoms with Gasteiger partial charge in [0.1, 0.15) is 5.82 Å². The van der Waals surface area contributed by atoms with Gasteiger partial charge in [-0.1, -0.05) is 50.5 Å². The van der Waals surface area contributed by atoms with Gasteiger partial charge in [0, 0.05) is 11.6 Å². The summed E-state index contributed by atoms with van der Waals surface area (Å²) in [4.78, 5) is 5.12. The maximum absolute atomic E-state index is 13.9. The molecule has 2 aromatic carbocycles. The summed E-state index contributed by atoms with van der Waals surface area (Å²) in [6.45, 7) is 6.73. The van der Waals surface area contributed by atoms with Crippen molar-refractivity contribution >= 4 is 11.4 Å². The minimum Gasteiger partial charge on any atom is -0.257 e. The number of aryl methyl sites for hydroxylation is 3. The van der Waals surface area contributed by atoms with Crippen LogP contribution in [-0.2, 0) is 12.8 Å². The smallest absolute Gasteiger partial charge is 0.125 e. The van der Waals surface area contributed by atoms with E-state index in [1.165, 1.54) is 66.5 Å². The van der Waals surface area contributed by atoms with E-state index in [2.05, 4.69) is 39.0 Å². The summed E-state index contributed by atoms with van der Waals surface area (Å²) >= 11 is 0. The van der Waals surface area contributed by atoms with E-state index in [4.69, 9.17) is 4.99 Å². The molecule has 1 saturated carbocycles. The molecular formula is C28H36FN. The molecule has 4 rings (SSSR count). The average Bonchev–Trinajstić information content (AvgIpc) is 3.04. The van der Waals surface area contributed by atoms with Gasteiger partial charge in [-0.05, 0) is 98.6 Å². The third-order valence-corrected chi connectivity index (χ3v) is 7.40. The minimum absolute atomic E-state index is 0.168. The zero-order valence-corrected chi connectivity index (χ0v) is 18.9. The maximum Gasteiger partial charge on any atom is 0.125 e. The van der Waals surface area contributed by atoms with Gasteiger partial charge in [0.05, 0.1) is 5.69 Å². The van der Waals surface area contributed by atoms with Crippen LogP contribution in [0.5, 0.6) is 0 Å². The highest BCUT2D eigenvalue weighted by atomic mass is 19.1. The topological polar surface area (TPSA) is 12.4 Å². The normalized spacial score (nSPS) is 24.5. The largest absolute Gasteiger partial charge is 0.257 e. The molecule has 0 saturated heterocycles. The highest BCUT2D eigenvalue weighted by Crippen LogP contribution is 2.38. The standard InChI is InChI=1S/C28H36FN/c1-19-15-24-13-14-25(29)18-27(24)30-28(16-19)26-8-6-4-5-7-23(26)12-11-22-10-9-20(2)21(3)17-22/h9-10,13-14,17-19,23,26H,4-8,11-12,15-16H2,1-3H3. The first-order valence-corrected chi connectivity index (χ1v) is 11.9. The molecule has 1 nitrogen and oxygen atoms in total. The SMILES string of the molecule is Cc1ccc(CCC2CCCCCC2C2=Nc3cc(F)ccc3CC(C)C2)cc1C. The van der Waals surface area contributed by atoms with Gasteiger partial charge < -0.3 is 0 Å². The molecule has 2 aromatic rings. The maximum atomic E-state index is 13.9. The van der Waals surface area contributed by atoms with E-state index in [0.717, 1.165) is 24.9 Å². The Balaban J connectivity index is 1.58. The first-order chi connectivity index (χ1) is 14.5. The van der Waals surface area contributed by atoms with Crippen molar-refractivity contribution in [2.24, 2.45) is 22.7 Å². The number of hydrogen-bond acceptors (Lipinski definition) is 1. The number of aliphatic imine (C=N–C) groups is 1. The molecule has 1 fully saturated rings. The monoisotopic (exact) mass is 405 g/mol. The summed E-state index contributed by atoms with van der Waals surface area (Å²) in [6, 6.07) is 12.1. The van der Waals surface area contributed by atoms with E-state index in [0.29, 0.717) is 17.8 Å². The number of fused-ring (bicyclic) bond motifs is 1. The van der Waals surface area contributed by atoms with Gasteiger partial charge in [0.25, 0.3) is 0 Å². The number of halogens is 1. The van der Waals surface area contributed by atoms with Crippen LogP contribution in [0.1, 0.15) is 74.1 Å². The van der Waals surface area contributed by atoms with E-state index in [1.807, 2.05) is 6.07 Å². The quantitative estimate of drug-likeness (QED) is 0.458. The lowest BCUT2D eigenvalue weighted by Gasteiger charge is -2.28. The molecular weight excluding hydrogens is 369 g/mol. The Morgan fingerprint density at radius 1 is 0.933 bits per heavy atom. The molecule has 2 heteroatoms. The van der Waals surface area contributed by atoms with Crippen molar-refractivity contribution in [1.82, 2.24) is 0 Å². The Bertz CT molecular complexity index is 913. The van der Waals surface area contributed by atoms with Crippen LogP contribution >= 0.6 is 0 Å². The summed E-state index contributed by atoms with van der Waals surface area (Å²) in [6.07, 6.45) is 11.0. The summed E-state index contributed by atoms with van der Waals surface area (Å²) in [5.41, 5.74) is 7.67. The molecule has 1 aliphatic heterocycles. The fourth-order valence-electron chi connectivity index (χ4n) is 5.53. The van der Waals surface area contributed by atoms with E-state index in [1.54, 1.807) is 12.1 Å². The van der Waals surface area contributed by atoms with Crippen LogP contribution in [0.15, 0.2) is 41.4 Å². The molecule has 3 atom stereocenters. The minimum atomic E-state index is -0.168. The van der Waals surface area contributed by atoms with E-state index >= 15 is 0 Å². The third kappa shape index (κ3) is 5.02. The molecule has 0 amide bonds. The molecule has 0 aromatic heterocycles. The van der Waals surface area contributed by atoms with Gasteiger partial charge in [-0.25, -0.2) is 4.39 Å². The van der Waals surface area contributed by atoms with Gasteiger partial charge in [0.15, 0.2) is 0 Å². The summed E-state index contributed by atoms with van der Waals surface area (Å²) in [5.74, 6) is 1.64. The molecule has 1 heterocycles. The predicted molar refractivity (Wildman–Crippen MR) is 125 cm³/mol. The van der Waals surface area contributed by atoms with Crippen molar-refractivity contribution in [3.8, 4) is 0 Å². The Kier molecular flexibility index (Phi) is 6.71. The van der Waals surface area contributed by atoms with Crippen LogP contribution in [0, 0.1) is 37.4 Å². The molecule has 3 unspecified atom stereocenters. The van der Waals surface area contributed by atoms with Crippen LogP contribution in [0.3, 0.4) is 0 Å². The Labute approximate surface area is 181 Å². The molecule has 1 aliphatic carbocycles. The highest BCUT2D eigenvalue weighted by molar-refractivity contribution is 5.90. The van der Waals surface area contributed by atoms with Crippen molar-refractivity contribution in [3.63, 3.8) is 0 Å². The lowest BCUT2D eigenvalue weighted by Crippen LogP contribution is -2.25. The number of nitrogens with zero attached hydrogens (tertiary/aromatic N) is 1. The zero-order valence-electron chi connectivity index (χ0n) is 18.9. The third-order valence-electron chi connectivity index (χ3n) is 7.40. The van der Waals surface area contributed by atoms with Crippen LogP contribution in [0.4, 0.5) is 10.1 Å². The van der Waals surface area contributed by atoms with Crippen molar-refractivity contribution < 1.29 is 4.39 Å². The number of benzene rings is 2. The van der Waals surface area contributed by atoms with Crippen molar-refractivity contribution in [1.29, 1.82) is 0 Å². The molecule has 0 bridgehead atoms.